The molecule has 2 aromatic rings. The number of nitrogens with zero attached hydrogens (tertiary/aromatic N) is 1. The van der Waals surface area contributed by atoms with E-state index in [0.717, 1.165) is 30.2 Å². The fraction of sp³-hybridized carbons (Fsp3) is 0.294. The van der Waals surface area contributed by atoms with Gasteiger partial charge in [-0.05, 0) is 30.4 Å². The van der Waals surface area contributed by atoms with Crippen LogP contribution in [0.3, 0.4) is 0 Å². The minimum absolute atomic E-state index is 0.180. The second-order valence-corrected chi connectivity index (χ2v) is 5.57. The predicted molar refractivity (Wildman–Crippen MR) is 78.3 cm³/mol. The Labute approximate surface area is 122 Å². The second-order valence-electron chi connectivity index (χ2n) is 5.57. The van der Waals surface area contributed by atoms with Crippen molar-refractivity contribution in [2.24, 2.45) is 0 Å². The van der Waals surface area contributed by atoms with Gasteiger partial charge in [-0.25, -0.2) is 0 Å². The summed E-state index contributed by atoms with van der Waals surface area (Å²) in [6.45, 7) is 1.27. The number of carbonyl (C=O) groups excluding carboxylic acids is 2. The van der Waals surface area contributed by atoms with Crippen molar-refractivity contribution in [1.82, 2.24) is 4.90 Å². The molecule has 21 heavy (non-hydrogen) atoms. The van der Waals surface area contributed by atoms with Gasteiger partial charge in [-0.3, -0.25) is 14.5 Å². The van der Waals surface area contributed by atoms with Gasteiger partial charge >= 0.3 is 0 Å². The van der Waals surface area contributed by atoms with Crippen LogP contribution in [0.1, 0.15) is 33.6 Å². The molecule has 1 atom stereocenters. The largest absolute Gasteiger partial charge is 0.373 e. The topological polar surface area (TPSA) is 49.9 Å². The molecule has 0 saturated carbocycles. The van der Waals surface area contributed by atoms with Crippen LogP contribution in [0.2, 0.25) is 0 Å². The SMILES string of the molecule is O=C1c2cccc3cccc(c23)C(=O)N1CCCC1CO1. The van der Waals surface area contributed by atoms with Crippen molar-refractivity contribution in [3.05, 3.63) is 47.5 Å². The van der Waals surface area contributed by atoms with E-state index in [1.54, 1.807) is 12.1 Å². The number of imide groups is 1. The summed E-state index contributed by atoms with van der Waals surface area (Å²) in [5, 5.41) is 1.73. The molecule has 2 amide bonds. The third kappa shape index (κ3) is 2.03. The molecule has 1 saturated heterocycles. The molecule has 0 bridgehead atoms. The first-order chi connectivity index (χ1) is 10.3. The van der Waals surface area contributed by atoms with Crippen LogP contribution in [0.15, 0.2) is 36.4 Å². The summed E-state index contributed by atoms with van der Waals surface area (Å²) < 4.78 is 5.17. The van der Waals surface area contributed by atoms with E-state index in [1.165, 1.54) is 4.90 Å². The Balaban J connectivity index is 1.70. The number of ether oxygens (including phenoxy) is 1. The van der Waals surface area contributed by atoms with E-state index in [9.17, 15) is 9.59 Å². The van der Waals surface area contributed by atoms with E-state index >= 15 is 0 Å². The summed E-state index contributed by atoms with van der Waals surface area (Å²) in [6, 6.07) is 11.2. The monoisotopic (exact) mass is 281 g/mol. The maximum atomic E-state index is 12.6. The standard InChI is InChI=1S/C17H15NO3/c19-16-13-7-1-4-11-5-2-8-14(15(11)13)17(20)18(16)9-3-6-12-10-21-12/h1-2,4-5,7-8,12H,3,6,9-10H2. The van der Waals surface area contributed by atoms with Crippen LogP contribution in [0.25, 0.3) is 10.8 Å². The second kappa shape index (κ2) is 4.67. The Morgan fingerprint density at radius 3 is 2.24 bits per heavy atom. The first-order valence-electron chi connectivity index (χ1n) is 7.25. The lowest BCUT2D eigenvalue weighted by atomic mass is 9.94. The molecule has 106 valence electrons. The maximum Gasteiger partial charge on any atom is 0.261 e. The molecule has 2 aliphatic rings. The molecule has 0 spiro atoms. The summed E-state index contributed by atoms with van der Waals surface area (Å²) in [5.74, 6) is -0.359. The van der Waals surface area contributed by atoms with Crippen molar-refractivity contribution < 1.29 is 14.3 Å². The summed E-state index contributed by atoms with van der Waals surface area (Å²) in [4.78, 5) is 26.5. The molecule has 1 fully saturated rings. The lowest BCUT2D eigenvalue weighted by molar-refractivity contribution is 0.0607. The normalized spacial score (nSPS) is 20.2. The molecule has 0 aromatic heterocycles. The number of epoxide rings is 1. The molecule has 0 aliphatic carbocycles. The average Bonchev–Trinajstić information content (AvgIpc) is 3.32. The van der Waals surface area contributed by atoms with E-state index in [-0.39, 0.29) is 11.8 Å². The number of hydrogen-bond acceptors (Lipinski definition) is 3. The van der Waals surface area contributed by atoms with Crippen molar-refractivity contribution in [3.63, 3.8) is 0 Å². The molecule has 4 heteroatoms. The van der Waals surface area contributed by atoms with Gasteiger partial charge in [0, 0.05) is 23.1 Å². The van der Waals surface area contributed by atoms with Gasteiger partial charge in [-0.15, -0.1) is 0 Å². The zero-order valence-electron chi connectivity index (χ0n) is 11.5. The summed E-state index contributed by atoms with van der Waals surface area (Å²) in [5.41, 5.74) is 1.26. The molecular formula is C17H15NO3. The van der Waals surface area contributed by atoms with Crippen molar-refractivity contribution in [1.29, 1.82) is 0 Å². The molecule has 2 heterocycles. The maximum absolute atomic E-state index is 12.6. The van der Waals surface area contributed by atoms with Crippen LogP contribution >= 0.6 is 0 Å². The lowest BCUT2D eigenvalue weighted by Crippen LogP contribution is -2.40. The van der Waals surface area contributed by atoms with Crippen LogP contribution < -0.4 is 0 Å². The van der Waals surface area contributed by atoms with Crippen molar-refractivity contribution in [2.45, 2.75) is 18.9 Å². The fourth-order valence-corrected chi connectivity index (χ4v) is 3.00. The van der Waals surface area contributed by atoms with Crippen molar-refractivity contribution >= 4 is 22.6 Å². The highest BCUT2D eigenvalue weighted by molar-refractivity contribution is 6.25. The van der Waals surface area contributed by atoms with Crippen molar-refractivity contribution in [3.8, 4) is 0 Å². The Morgan fingerprint density at radius 2 is 1.67 bits per heavy atom. The van der Waals surface area contributed by atoms with E-state index in [4.69, 9.17) is 4.74 Å². The average molecular weight is 281 g/mol. The van der Waals surface area contributed by atoms with Gasteiger partial charge in [0.1, 0.15) is 0 Å². The Kier molecular flexibility index (Phi) is 2.79. The van der Waals surface area contributed by atoms with Gasteiger partial charge in [0.15, 0.2) is 0 Å². The third-order valence-electron chi connectivity index (χ3n) is 4.17. The summed E-state index contributed by atoms with van der Waals surface area (Å²) in [6.07, 6.45) is 2.03. The number of benzene rings is 2. The van der Waals surface area contributed by atoms with Gasteiger partial charge in [-0.2, -0.15) is 0 Å². The lowest BCUT2D eigenvalue weighted by Gasteiger charge is -2.27. The summed E-state index contributed by atoms with van der Waals surface area (Å²) >= 11 is 0. The first kappa shape index (κ1) is 12.5. The zero-order valence-corrected chi connectivity index (χ0v) is 11.5. The van der Waals surface area contributed by atoms with Gasteiger partial charge < -0.3 is 4.74 Å². The molecular weight excluding hydrogens is 266 g/mol. The highest BCUT2D eigenvalue weighted by Gasteiger charge is 2.32. The molecule has 1 unspecified atom stereocenters. The van der Waals surface area contributed by atoms with E-state index in [1.807, 2.05) is 24.3 Å². The molecule has 2 aromatic carbocycles. The van der Waals surface area contributed by atoms with Gasteiger partial charge in [0.25, 0.3) is 11.8 Å². The van der Waals surface area contributed by atoms with Gasteiger partial charge in [0.2, 0.25) is 0 Å². The smallest absolute Gasteiger partial charge is 0.261 e. The van der Waals surface area contributed by atoms with E-state index in [2.05, 4.69) is 0 Å². The first-order valence-corrected chi connectivity index (χ1v) is 7.25. The zero-order chi connectivity index (χ0) is 14.4. The molecule has 2 aliphatic heterocycles. The van der Waals surface area contributed by atoms with Gasteiger partial charge in [0.05, 0.1) is 12.7 Å². The Morgan fingerprint density at radius 1 is 1.05 bits per heavy atom. The summed E-state index contributed by atoms with van der Waals surface area (Å²) in [7, 11) is 0. The Hall–Kier alpha value is -2.20. The molecule has 4 rings (SSSR count). The van der Waals surface area contributed by atoms with Crippen LogP contribution in [-0.2, 0) is 4.74 Å². The molecule has 0 N–H and O–H groups in total. The van der Waals surface area contributed by atoms with E-state index in [0.29, 0.717) is 23.8 Å². The fourth-order valence-electron chi connectivity index (χ4n) is 3.00. The minimum atomic E-state index is -0.180. The van der Waals surface area contributed by atoms with Crippen LogP contribution in [0.5, 0.6) is 0 Å². The van der Waals surface area contributed by atoms with Gasteiger partial charge in [-0.1, -0.05) is 24.3 Å². The predicted octanol–water partition coefficient (Wildman–Crippen LogP) is 2.61. The minimum Gasteiger partial charge on any atom is -0.373 e. The quantitative estimate of drug-likeness (QED) is 0.639. The molecule has 4 nitrogen and oxygen atoms in total. The molecule has 0 radical (unpaired) electrons. The van der Waals surface area contributed by atoms with E-state index < -0.39 is 0 Å². The third-order valence-corrected chi connectivity index (χ3v) is 4.17. The highest BCUT2D eigenvalue weighted by Crippen LogP contribution is 2.30. The highest BCUT2D eigenvalue weighted by atomic mass is 16.6. The van der Waals surface area contributed by atoms with Crippen LogP contribution in [0.4, 0.5) is 0 Å². The Bertz CT molecular complexity index is 698. The number of hydrogen-bond donors (Lipinski definition) is 0. The van der Waals surface area contributed by atoms with Crippen LogP contribution in [0, 0.1) is 0 Å². The number of carbonyl (C=O) groups is 2. The van der Waals surface area contributed by atoms with Crippen molar-refractivity contribution in [2.75, 3.05) is 13.2 Å². The number of rotatable bonds is 4. The van der Waals surface area contributed by atoms with Crippen LogP contribution in [-0.4, -0.2) is 36.0 Å². The number of amides is 2.